The van der Waals surface area contributed by atoms with Crippen LogP contribution in [0.15, 0.2) is 99.9 Å². The molecule has 1 aliphatic rings. The van der Waals surface area contributed by atoms with Crippen molar-refractivity contribution in [3.63, 3.8) is 0 Å². The summed E-state index contributed by atoms with van der Waals surface area (Å²) in [6.45, 7) is 4.18. The van der Waals surface area contributed by atoms with Crippen LogP contribution in [-0.2, 0) is 16.1 Å². The van der Waals surface area contributed by atoms with Crippen molar-refractivity contribution in [3.05, 3.63) is 132 Å². The van der Waals surface area contributed by atoms with E-state index in [0.29, 0.717) is 38.0 Å². The number of benzene rings is 3. The Morgan fingerprint density at radius 1 is 1.08 bits per heavy atom. The van der Waals surface area contributed by atoms with E-state index in [1.165, 1.54) is 11.3 Å². The number of esters is 1. The Labute approximate surface area is 228 Å². The molecule has 0 aliphatic carbocycles. The van der Waals surface area contributed by atoms with Crippen LogP contribution in [0.1, 0.15) is 36.6 Å². The van der Waals surface area contributed by atoms with Crippen LogP contribution in [0.2, 0.25) is 5.02 Å². The predicted octanol–water partition coefficient (Wildman–Crippen LogP) is 5.03. The number of nitrogens with zero attached hydrogens (tertiary/aromatic N) is 2. The molecule has 0 bridgehead atoms. The van der Waals surface area contributed by atoms with Crippen molar-refractivity contribution in [1.82, 2.24) is 4.57 Å². The summed E-state index contributed by atoms with van der Waals surface area (Å²) < 4.78 is 13.4. The lowest BCUT2D eigenvalue weighted by atomic mass is 9.96. The average Bonchev–Trinajstić information content (AvgIpc) is 3.22. The van der Waals surface area contributed by atoms with Crippen molar-refractivity contribution in [3.8, 4) is 5.75 Å². The lowest BCUT2D eigenvalue weighted by Gasteiger charge is -2.24. The van der Waals surface area contributed by atoms with Crippen molar-refractivity contribution in [2.75, 3.05) is 6.61 Å². The van der Waals surface area contributed by atoms with Gasteiger partial charge in [-0.25, -0.2) is 9.79 Å². The summed E-state index contributed by atoms with van der Waals surface area (Å²) >= 11 is 7.40. The summed E-state index contributed by atoms with van der Waals surface area (Å²) in [5, 5.41) is 0.564. The number of hydrogen-bond acceptors (Lipinski definition) is 6. The molecule has 1 aromatic heterocycles. The van der Waals surface area contributed by atoms with Gasteiger partial charge in [-0.1, -0.05) is 77.5 Å². The first-order chi connectivity index (χ1) is 18.4. The molecule has 38 heavy (non-hydrogen) atoms. The van der Waals surface area contributed by atoms with E-state index in [4.69, 9.17) is 21.1 Å². The molecule has 0 unspecified atom stereocenters. The number of thiazole rings is 1. The van der Waals surface area contributed by atoms with Gasteiger partial charge in [-0.15, -0.1) is 0 Å². The number of ether oxygens (including phenoxy) is 2. The maximum atomic E-state index is 13.7. The van der Waals surface area contributed by atoms with Crippen molar-refractivity contribution in [2.24, 2.45) is 4.99 Å². The largest absolute Gasteiger partial charge is 0.489 e. The standard InChI is InChI=1S/C30H25ClN2O4S/c1-3-36-29(35)26-19(2)32-30-33(27(26)22-12-14-23(31)15-13-22)28(34)25(38-30)17-21-10-7-11-24(16-21)37-18-20-8-5-4-6-9-20/h4-17,27H,3,18H2,1-2H3/b25-17+/t27-/m0/s1. The summed E-state index contributed by atoms with van der Waals surface area (Å²) in [5.74, 6) is 0.209. The van der Waals surface area contributed by atoms with Gasteiger partial charge in [-0.2, -0.15) is 0 Å². The van der Waals surface area contributed by atoms with Gasteiger partial charge in [0, 0.05) is 5.02 Å². The normalized spacial score (nSPS) is 15.1. The zero-order valence-electron chi connectivity index (χ0n) is 20.9. The number of halogens is 1. The minimum absolute atomic E-state index is 0.218. The summed E-state index contributed by atoms with van der Waals surface area (Å²) in [4.78, 5) is 31.9. The topological polar surface area (TPSA) is 69.9 Å². The van der Waals surface area contributed by atoms with Crippen molar-refractivity contribution in [1.29, 1.82) is 0 Å². The second-order valence-corrected chi connectivity index (χ2v) is 10.1. The highest BCUT2D eigenvalue weighted by atomic mass is 35.5. The average molecular weight is 545 g/mol. The van der Waals surface area contributed by atoms with Crippen molar-refractivity contribution in [2.45, 2.75) is 26.5 Å². The number of carbonyl (C=O) groups excluding carboxylic acids is 1. The van der Waals surface area contributed by atoms with Crippen molar-refractivity contribution < 1.29 is 14.3 Å². The third-order valence-electron chi connectivity index (χ3n) is 6.11. The Kier molecular flexibility index (Phi) is 7.58. The summed E-state index contributed by atoms with van der Waals surface area (Å²) in [5.41, 5.74) is 3.26. The highest BCUT2D eigenvalue weighted by Crippen LogP contribution is 2.31. The Morgan fingerprint density at radius 3 is 2.58 bits per heavy atom. The van der Waals surface area contributed by atoms with Gasteiger partial charge in [0.15, 0.2) is 4.80 Å². The zero-order valence-corrected chi connectivity index (χ0v) is 22.5. The van der Waals surface area contributed by atoms with E-state index in [1.807, 2.05) is 72.8 Å². The molecular formula is C30H25ClN2O4S. The second-order valence-electron chi connectivity index (χ2n) is 8.70. The Hall–Kier alpha value is -3.94. The third kappa shape index (κ3) is 5.35. The Bertz CT molecular complexity index is 1690. The van der Waals surface area contributed by atoms with Crippen LogP contribution in [0.3, 0.4) is 0 Å². The lowest BCUT2D eigenvalue weighted by Crippen LogP contribution is -2.39. The predicted molar refractivity (Wildman–Crippen MR) is 149 cm³/mol. The van der Waals surface area contributed by atoms with Gasteiger partial charge >= 0.3 is 5.97 Å². The number of fused-ring (bicyclic) bond motifs is 1. The first kappa shape index (κ1) is 25.7. The fraction of sp³-hybridized carbons (Fsp3) is 0.167. The minimum atomic E-state index is -0.676. The smallest absolute Gasteiger partial charge is 0.338 e. The molecule has 0 saturated heterocycles. The van der Waals surface area contributed by atoms with Gasteiger partial charge < -0.3 is 9.47 Å². The molecule has 3 aromatic carbocycles. The Morgan fingerprint density at radius 2 is 1.84 bits per heavy atom. The molecular weight excluding hydrogens is 520 g/mol. The van der Waals surface area contributed by atoms with E-state index < -0.39 is 12.0 Å². The van der Waals surface area contributed by atoms with E-state index in [1.54, 1.807) is 30.5 Å². The zero-order chi connectivity index (χ0) is 26.6. The number of allylic oxidation sites excluding steroid dienone is 1. The van der Waals surface area contributed by atoms with Crippen LogP contribution < -0.4 is 19.6 Å². The molecule has 1 aliphatic heterocycles. The van der Waals surface area contributed by atoms with Crippen LogP contribution in [0.25, 0.3) is 6.08 Å². The molecule has 0 N–H and O–H groups in total. The number of carbonyl (C=O) groups is 1. The van der Waals surface area contributed by atoms with Crippen molar-refractivity contribution >= 4 is 35.0 Å². The van der Waals surface area contributed by atoms with E-state index in [2.05, 4.69) is 4.99 Å². The van der Waals surface area contributed by atoms with Gasteiger partial charge in [-0.05, 0) is 60.9 Å². The maximum Gasteiger partial charge on any atom is 0.338 e. The summed E-state index contributed by atoms with van der Waals surface area (Å²) in [6, 6.07) is 24.0. The molecule has 0 spiro atoms. The van der Waals surface area contributed by atoms with Gasteiger partial charge in [0.1, 0.15) is 12.4 Å². The first-order valence-electron chi connectivity index (χ1n) is 12.2. The van der Waals surface area contributed by atoms with Crippen LogP contribution in [-0.4, -0.2) is 17.1 Å². The fourth-order valence-corrected chi connectivity index (χ4v) is 5.51. The van der Waals surface area contributed by atoms with Crippen LogP contribution >= 0.6 is 22.9 Å². The molecule has 0 radical (unpaired) electrons. The van der Waals surface area contributed by atoms with E-state index in [0.717, 1.165) is 16.7 Å². The summed E-state index contributed by atoms with van der Waals surface area (Å²) in [7, 11) is 0. The molecule has 1 atom stereocenters. The van der Waals surface area contributed by atoms with E-state index in [9.17, 15) is 9.59 Å². The van der Waals surface area contributed by atoms with Gasteiger partial charge in [0.05, 0.1) is 28.5 Å². The number of aromatic nitrogens is 1. The molecule has 4 aromatic rings. The lowest BCUT2D eigenvalue weighted by molar-refractivity contribution is -0.139. The molecule has 0 amide bonds. The maximum absolute atomic E-state index is 13.7. The molecule has 6 nitrogen and oxygen atoms in total. The van der Waals surface area contributed by atoms with Crippen LogP contribution in [0.5, 0.6) is 5.75 Å². The minimum Gasteiger partial charge on any atom is -0.489 e. The van der Waals surface area contributed by atoms with Gasteiger partial charge in [-0.3, -0.25) is 9.36 Å². The first-order valence-corrected chi connectivity index (χ1v) is 13.4. The second kappa shape index (κ2) is 11.2. The molecule has 0 saturated carbocycles. The molecule has 5 rings (SSSR count). The highest BCUT2D eigenvalue weighted by molar-refractivity contribution is 7.07. The molecule has 2 heterocycles. The number of rotatable bonds is 7. The van der Waals surface area contributed by atoms with Gasteiger partial charge in [0.25, 0.3) is 5.56 Å². The van der Waals surface area contributed by atoms with E-state index >= 15 is 0 Å². The van der Waals surface area contributed by atoms with Crippen LogP contribution in [0.4, 0.5) is 0 Å². The molecule has 0 fully saturated rings. The van der Waals surface area contributed by atoms with Gasteiger partial charge in [0.2, 0.25) is 0 Å². The molecule has 8 heteroatoms. The monoisotopic (exact) mass is 544 g/mol. The van der Waals surface area contributed by atoms with Crippen LogP contribution in [0, 0.1) is 0 Å². The Balaban J connectivity index is 1.55. The molecule has 192 valence electrons. The quantitative estimate of drug-likeness (QED) is 0.306. The fourth-order valence-electron chi connectivity index (χ4n) is 4.34. The van der Waals surface area contributed by atoms with E-state index in [-0.39, 0.29) is 12.2 Å². The summed E-state index contributed by atoms with van der Waals surface area (Å²) in [6.07, 6.45) is 1.82. The highest BCUT2D eigenvalue weighted by Gasteiger charge is 2.33. The number of hydrogen-bond donors (Lipinski definition) is 0. The third-order valence-corrected chi connectivity index (χ3v) is 7.34. The SMILES string of the molecule is CCOC(=O)C1=C(C)N=c2s/c(=C/c3cccc(OCc4ccccc4)c3)c(=O)n2[C@H]1c1ccc(Cl)cc1.